The maximum absolute atomic E-state index is 12.2. The Bertz CT molecular complexity index is 896. The van der Waals surface area contributed by atoms with Crippen LogP contribution in [-0.2, 0) is 4.74 Å². The summed E-state index contributed by atoms with van der Waals surface area (Å²) in [7, 11) is 0. The molecule has 2 aromatic carbocycles. The predicted octanol–water partition coefficient (Wildman–Crippen LogP) is 4.26. The molecule has 0 aliphatic heterocycles. The fourth-order valence-corrected chi connectivity index (χ4v) is 3.46. The molecule has 0 bridgehead atoms. The maximum atomic E-state index is 12.2. The van der Waals surface area contributed by atoms with E-state index < -0.39 is 0 Å². The van der Waals surface area contributed by atoms with Gasteiger partial charge in [-0.05, 0) is 38.1 Å². The smallest absolute Gasteiger partial charge is 0.350 e. The number of esters is 1. The molecule has 0 aliphatic rings. The lowest BCUT2D eigenvalue weighted by Crippen LogP contribution is -2.14. The Morgan fingerprint density at radius 3 is 2.33 bits per heavy atom. The van der Waals surface area contributed by atoms with E-state index in [2.05, 4.69) is 0 Å². The van der Waals surface area contributed by atoms with Crippen molar-refractivity contribution in [2.24, 2.45) is 4.99 Å². The van der Waals surface area contributed by atoms with E-state index >= 15 is 0 Å². The van der Waals surface area contributed by atoms with Crippen LogP contribution in [0.15, 0.2) is 65.7 Å². The van der Waals surface area contributed by atoms with Crippen molar-refractivity contribution < 1.29 is 9.53 Å². The molecular formula is C19H18N2O2S. The number of para-hydroxylation sites is 2. The van der Waals surface area contributed by atoms with Crippen LogP contribution in [0.5, 0.6) is 0 Å². The van der Waals surface area contributed by atoms with Gasteiger partial charge >= 0.3 is 5.97 Å². The Morgan fingerprint density at radius 2 is 1.71 bits per heavy atom. The normalized spacial score (nSPS) is 11.5. The Morgan fingerprint density at radius 1 is 1.08 bits per heavy atom. The monoisotopic (exact) mass is 338 g/mol. The summed E-state index contributed by atoms with van der Waals surface area (Å²) in [6.07, 6.45) is 0. The molecule has 0 radical (unpaired) electrons. The molecule has 1 aromatic heterocycles. The predicted molar refractivity (Wildman–Crippen MR) is 96.0 cm³/mol. The average molecular weight is 338 g/mol. The van der Waals surface area contributed by atoms with Crippen LogP contribution in [0.4, 0.5) is 5.69 Å². The van der Waals surface area contributed by atoms with Crippen LogP contribution in [0.1, 0.15) is 22.3 Å². The van der Waals surface area contributed by atoms with Gasteiger partial charge in [0.05, 0.1) is 12.3 Å². The number of aromatic nitrogens is 1. The molecule has 4 nitrogen and oxygen atoms in total. The summed E-state index contributed by atoms with van der Waals surface area (Å²) in [5.74, 6) is -0.306. The van der Waals surface area contributed by atoms with Crippen molar-refractivity contribution in [1.82, 2.24) is 4.57 Å². The van der Waals surface area contributed by atoms with Crippen molar-refractivity contribution in [3.63, 3.8) is 0 Å². The molecule has 5 heteroatoms. The van der Waals surface area contributed by atoms with Crippen molar-refractivity contribution in [3.8, 4) is 5.69 Å². The average Bonchev–Trinajstić information content (AvgIpc) is 2.93. The van der Waals surface area contributed by atoms with E-state index in [1.54, 1.807) is 6.92 Å². The summed E-state index contributed by atoms with van der Waals surface area (Å²) in [5.41, 5.74) is 2.65. The molecule has 0 unspecified atom stereocenters. The zero-order valence-electron chi connectivity index (χ0n) is 13.6. The van der Waals surface area contributed by atoms with Gasteiger partial charge in [-0.3, -0.25) is 4.57 Å². The molecule has 0 N–H and O–H groups in total. The number of nitrogens with zero attached hydrogens (tertiary/aromatic N) is 2. The highest BCUT2D eigenvalue weighted by Gasteiger charge is 2.18. The molecule has 0 saturated heterocycles. The van der Waals surface area contributed by atoms with Gasteiger partial charge in [-0.25, -0.2) is 9.79 Å². The molecule has 0 fully saturated rings. The summed E-state index contributed by atoms with van der Waals surface area (Å²) < 4.78 is 7.17. The summed E-state index contributed by atoms with van der Waals surface area (Å²) in [5, 5.41) is 0. The molecule has 0 saturated carbocycles. The third-order valence-electron chi connectivity index (χ3n) is 3.50. The zero-order valence-corrected chi connectivity index (χ0v) is 14.4. The fourth-order valence-electron chi connectivity index (χ4n) is 2.41. The van der Waals surface area contributed by atoms with Crippen LogP contribution in [0.25, 0.3) is 5.69 Å². The van der Waals surface area contributed by atoms with Gasteiger partial charge in [0.25, 0.3) is 0 Å². The lowest BCUT2D eigenvalue weighted by Gasteiger charge is -2.06. The highest BCUT2D eigenvalue weighted by Crippen LogP contribution is 2.19. The highest BCUT2D eigenvalue weighted by molar-refractivity contribution is 7.11. The summed E-state index contributed by atoms with van der Waals surface area (Å²) in [4.78, 5) is 18.3. The minimum atomic E-state index is -0.306. The minimum absolute atomic E-state index is 0.306. The van der Waals surface area contributed by atoms with E-state index in [4.69, 9.17) is 9.73 Å². The fraction of sp³-hybridized carbons (Fsp3) is 0.158. The number of benzene rings is 2. The number of hydrogen-bond donors (Lipinski definition) is 0. The Kier molecular flexibility index (Phi) is 4.91. The molecule has 3 aromatic rings. The van der Waals surface area contributed by atoms with E-state index in [1.165, 1.54) is 11.3 Å². The minimum Gasteiger partial charge on any atom is -0.462 e. The first-order chi connectivity index (χ1) is 11.7. The van der Waals surface area contributed by atoms with Crippen molar-refractivity contribution in [3.05, 3.63) is 76.0 Å². The van der Waals surface area contributed by atoms with Crippen molar-refractivity contribution >= 4 is 23.0 Å². The number of hydrogen-bond acceptors (Lipinski definition) is 4. The molecule has 0 amide bonds. The van der Waals surface area contributed by atoms with E-state index in [0.29, 0.717) is 11.5 Å². The Hall–Kier alpha value is -2.66. The summed E-state index contributed by atoms with van der Waals surface area (Å²) >= 11 is 1.35. The molecule has 1 heterocycles. The summed E-state index contributed by atoms with van der Waals surface area (Å²) in [6, 6.07) is 19.6. The topological polar surface area (TPSA) is 43.6 Å². The number of rotatable bonds is 4. The molecule has 3 rings (SSSR count). The van der Waals surface area contributed by atoms with E-state index in [0.717, 1.165) is 21.9 Å². The van der Waals surface area contributed by atoms with Gasteiger partial charge in [0.2, 0.25) is 0 Å². The lowest BCUT2D eigenvalue weighted by atomic mass is 10.3. The van der Waals surface area contributed by atoms with Crippen molar-refractivity contribution in [2.75, 3.05) is 6.61 Å². The Labute approximate surface area is 144 Å². The van der Waals surface area contributed by atoms with Gasteiger partial charge in [0.15, 0.2) is 4.80 Å². The van der Waals surface area contributed by atoms with Crippen LogP contribution < -0.4 is 4.80 Å². The van der Waals surface area contributed by atoms with Gasteiger partial charge < -0.3 is 4.74 Å². The summed E-state index contributed by atoms with van der Waals surface area (Å²) in [6.45, 7) is 4.08. The second kappa shape index (κ2) is 7.27. The quantitative estimate of drug-likeness (QED) is 0.667. The molecule has 122 valence electrons. The second-order valence-corrected chi connectivity index (χ2v) is 6.12. The number of thiazole rings is 1. The second-order valence-electron chi connectivity index (χ2n) is 5.14. The van der Waals surface area contributed by atoms with E-state index in [1.807, 2.05) is 72.2 Å². The van der Waals surface area contributed by atoms with E-state index in [9.17, 15) is 4.79 Å². The number of carbonyl (C=O) groups excluding carboxylic acids is 1. The SMILES string of the molecule is CCOC(=O)c1sc(=Nc2ccccc2)n(-c2ccccc2)c1C. The van der Waals surface area contributed by atoms with Gasteiger partial charge in [0, 0.05) is 11.4 Å². The number of ether oxygens (including phenoxy) is 1. The van der Waals surface area contributed by atoms with Crippen molar-refractivity contribution in [1.29, 1.82) is 0 Å². The maximum Gasteiger partial charge on any atom is 0.350 e. The Balaban J connectivity index is 2.22. The van der Waals surface area contributed by atoms with Gasteiger partial charge in [-0.1, -0.05) is 47.7 Å². The van der Waals surface area contributed by atoms with Crippen LogP contribution in [0, 0.1) is 6.92 Å². The number of carbonyl (C=O) groups is 1. The van der Waals surface area contributed by atoms with Crippen LogP contribution in [0.3, 0.4) is 0 Å². The molecular weight excluding hydrogens is 320 g/mol. The van der Waals surface area contributed by atoms with Gasteiger partial charge in [-0.2, -0.15) is 0 Å². The first kappa shape index (κ1) is 16.2. The van der Waals surface area contributed by atoms with Crippen molar-refractivity contribution in [2.45, 2.75) is 13.8 Å². The largest absolute Gasteiger partial charge is 0.462 e. The standard InChI is InChI=1S/C19H18N2O2S/c1-3-23-18(22)17-14(2)21(16-12-8-5-9-13-16)19(24-17)20-15-10-6-4-7-11-15/h4-13H,3H2,1-2H3. The molecule has 0 aliphatic carbocycles. The first-order valence-corrected chi connectivity index (χ1v) is 8.57. The molecule has 24 heavy (non-hydrogen) atoms. The highest BCUT2D eigenvalue weighted by atomic mass is 32.1. The molecule has 0 atom stereocenters. The third-order valence-corrected chi connectivity index (χ3v) is 4.63. The zero-order chi connectivity index (χ0) is 16.9. The van der Waals surface area contributed by atoms with Gasteiger partial charge in [0.1, 0.15) is 4.88 Å². The van der Waals surface area contributed by atoms with Gasteiger partial charge in [-0.15, -0.1) is 0 Å². The van der Waals surface area contributed by atoms with Crippen LogP contribution in [-0.4, -0.2) is 17.1 Å². The third kappa shape index (κ3) is 3.31. The van der Waals surface area contributed by atoms with E-state index in [-0.39, 0.29) is 5.97 Å². The molecule has 0 spiro atoms. The first-order valence-electron chi connectivity index (χ1n) is 7.75. The van der Waals surface area contributed by atoms with Crippen LogP contribution >= 0.6 is 11.3 Å². The van der Waals surface area contributed by atoms with Crippen LogP contribution in [0.2, 0.25) is 0 Å². The lowest BCUT2D eigenvalue weighted by molar-refractivity contribution is 0.0531.